The zero-order valence-electron chi connectivity index (χ0n) is 15.9. The van der Waals surface area contributed by atoms with Crippen molar-refractivity contribution < 1.29 is 9.53 Å². The van der Waals surface area contributed by atoms with Crippen LogP contribution < -0.4 is 11.3 Å². The Morgan fingerprint density at radius 3 is 2.89 bits per heavy atom. The van der Waals surface area contributed by atoms with Crippen LogP contribution in [-0.4, -0.2) is 28.4 Å². The number of rotatable bonds is 6. The quantitative estimate of drug-likeness (QED) is 0.464. The first-order valence-corrected chi connectivity index (χ1v) is 10.0. The van der Waals surface area contributed by atoms with E-state index in [1.807, 2.05) is 11.6 Å². The van der Waals surface area contributed by atoms with Crippen LogP contribution in [0.15, 0.2) is 30.5 Å². The monoisotopic (exact) mass is 368 g/mol. The Morgan fingerprint density at radius 2 is 2.15 bits per heavy atom. The number of ether oxygens (including phenoxy) is 1. The van der Waals surface area contributed by atoms with Crippen molar-refractivity contribution in [3.8, 4) is 5.69 Å². The fourth-order valence-electron chi connectivity index (χ4n) is 4.23. The van der Waals surface area contributed by atoms with Gasteiger partial charge in [-0.25, -0.2) is 9.48 Å². The van der Waals surface area contributed by atoms with Gasteiger partial charge in [-0.2, -0.15) is 5.10 Å². The van der Waals surface area contributed by atoms with Crippen LogP contribution in [-0.2, 0) is 4.74 Å². The van der Waals surface area contributed by atoms with Crippen LogP contribution in [0.3, 0.4) is 0 Å². The Balaban J connectivity index is 1.65. The van der Waals surface area contributed by atoms with Gasteiger partial charge in [0.05, 0.1) is 24.2 Å². The molecular weight excluding hydrogens is 340 g/mol. The van der Waals surface area contributed by atoms with Gasteiger partial charge in [-0.1, -0.05) is 18.6 Å². The third-order valence-corrected chi connectivity index (χ3v) is 5.76. The lowest BCUT2D eigenvalue weighted by Crippen LogP contribution is -2.38. The van der Waals surface area contributed by atoms with E-state index in [0.29, 0.717) is 30.0 Å². The van der Waals surface area contributed by atoms with Crippen molar-refractivity contribution in [2.24, 2.45) is 5.84 Å². The van der Waals surface area contributed by atoms with Crippen LogP contribution >= 0.6 is 0 Å². The van der Waals surface area contributed by atoms with Gasteiger partial charge in [-0.15, -0.1) is 0 Å². The molecular formula is C21H28N4O2. The van der Waals surface area contributed by atoms with Crippen molar-refractivity contribution in [3.63, 3.8) is 0 Å². The molecule has 144 valence electrons. The molecule has 2 fully saturated rings. The summed E-state index contributed by atoms with van der Waals surface area (Å²) in [6, 6.07) is 8.96. The van der Waals surface area contributed by atoms with Crippen molar-refractivity contribution in [3.05, 3.63) is 47.3 Å². The predicted molar refractivity (Wildman–Crippen MR) is 104 cm³/mol. The van der Waals surface area contributed by atoms with Crippen molar-refractivity contribution in [1.82, 2.24) is 15.2 Å². The molecule has 2 aliphatic rings. The minimum Gasteiger partial charge on any atom is -0.462 e. The van der Waals surface area contributed by atoms with Gasteiger partial charge in [0.15, 0.2) is 0 Å². The summed E-state index contributed by atoms with van der Waals surface area (Å²) in [6.45, 7) is 2.21. The highest BCUT2D eigenvalue weighted by Gasteiger charge is 2.33. The lowest BCUT2D eigenvalue weighted by atomic mass is 9.81. The topological polar surface area (TPSA) is 82.2 Å². The molecule has 2 aliphatic carbocycles. The number of carbonyl (C=O) groups is 1. The smallest absolute Gasteiger partial charge is 0.341 e. The van der Waals surface area contributed by atoms with Crippen LogP contribution in [0.1, 0.15) is 78.9 Å². The standard InChI is InChI=1S/C21H28N4O2/c1-2-27-21(26)19-13-23-25(20(19)14-9-10-14)18-8-4-6-16(12-18)15-5-3-7-17(11-15)24-22/h4,6,8,12-15,17,24H,2-3,5,7,9-11,22H2,1H3/t15-,17-/m1/s1. The third-order valence-electron chi connectivity index (χ3n) is 5.76. The number of nitrogens with zero attached hydrogens (tertiary/aromatic N) is 2. The maximum absolute atomic E-state index is 12.3. The highest BCUT2D eigenvalue weighted by Crippen LogP contribution is 2.43. The van der Waals surface area contributed by atoms with E-state index in [0.717, 1.165) is 37.1 Å². The molecule has 4 rings (SSSR count). The number of aromatic nitrogens is 2. The molecule has 1 aromatic heterocycles. The molecule has 2 saturated carbocycles. The minimum absolute atomic E-state index is 0.272. The highest BCUT2D eigenvalue weighted by atomic mass is 16.5. The molecule has 0 unspecified atom stereocenters. The van der Waals surface area contributed by atoms with Crippen LogP contribution in [0, 0.1) is 0 Å². The van der Waals surface area contributed by atoms with Gasteiger partial charge >= 0.3 is 5.97 Å². The Morgan fingerprint density at radius 1 is 1.30 bits per heavy atom. The molecule has 0 spiro atoms. The number of nitrogens with one attached hydrogen (secondary N) is 1. The molecule has 27 heavy (non-hydrogen) atoms. The van der Waals surface area contributed by atoms with E-state index in [4.69, 9.17) is 10.6 Å². The lowest BCUT2D eigenvalue weighted by Gasteiger charge is -2.29. The van der Waals surface area contributed by atoms with E-state index in [1.54, 1.807) is 6.20 Å². The summed E-state index contributed by atoms with van der Waals surface area (Å²) >= 11 is 0. The summed E-state index contributed by atoms with van der Waals surface area (Å²) in [7, 11) is 0. The van der Waals surface area contributed by atoms with Gasteiger partial charge in [0, 0.05) is 12.0 Å². The zero-order valence-corrected chi connectivity index (χ0v) is 15.9. The van der Waals surface area contributed by atoms with E-state index in [1.165, 1.54) is 18.4 Å². The second kappa shape index (κ2) is 7.82. The van der Waals surface area contributed by atoms with Crippen molar-refractivity contribution in [2.75, 3.05) is 6.61 Å². The van der Waals surface area contributed by atoms with E-state index in [2.05, 4.69) is 34.8 Å². The average Bonchev–Trinajstić information content (AvgIpc) is 3.46. The fraction of sp³-hybridized carbons (Fsp3) is 0.524. The number of carbonyl (C=O) groups excluding carboxylic acids is 1. The van der Waals surface area contributed by atoms with Crippen molar-refractivity contribution in [1.29, 1.82) is 0 Å². The summed E-state index contributed by atoms with van der Waals surface area (Å²) in [5.41, 5.74) is 6.89. The van der Waals surface area contributed by atoms with Gasteiger partial charge in [0.1, 0.15) is 5.56 Å². The minimum atomic E-state index is -0.272. The largest absolute Gasteiger partial charge is 0.462 e. The molecule has 3 N–H and O–H groups in total. The van der Waals surface area contributed by atoms with Crippen LogP contribution in [0.2, 0.25) is 0 Å². The number of esters is 1. The Hall–Kier alpha value is -2.18. The molecule has 2 aromatic rings. The van der Waals surface area contributed by atoms with Gasteiger partial charge < -0.3 is 4.74 Å². The van der Waals surface area contributed by atoms with Gasteiger partial charge in [0.2, 0.25) is 0 Å². The molecule has 0 amide bonds. The van der Waals surface area contributed by atoms with Crippen molar-refractivity contribution >= 4 is 5.97 Å². The molecule has 6 nitrogen and oxygen atoms in total. The summed E-state index contributed by atoms with van der Waals surface area (Å²) in [5, 5.41) is 4.55. The molecule has 0 saturated heterocycles. The third kappa shape index (κ3) is 3.77. The average molecular weight is 368 g/mol. The number of hydrogen-bond acceptors (Lipinski definition) is 5. The number of hydrogen-bond donors (Lipinski definition) is 2. The Bertz CT molecular complexity index is 812. The Labute approximate surface area is 160 Å². The first-order chi connectivity index (χ1) is 13.2. The molecule has 2 atom stereocenters. The van der Waals surface area contributed by atoms with Crippen LogP contribution in [0.5, 0.6) is 0 Å². The molecule has 0 aliphatic heterocycles. The Kier molecular flexibility index (Phi) is 5.27. The number of hydrazine groups is 1. The molecule has 0 radical (unpaired) electrons. The summed E-state index contributed by atoms with van der Waals surface area (Å²) in [4.78, 5) is 12.3. The summed E-state index contributed by atoms with van der Waals surface area (Å²) in [6.07, 6.45) is 8.43. The predicted octanol–water partition coefficient (Wildman–Crippen LogP) is 3.42. The van der Waals surface area contributed by atoms with Crippen LogP contribution in [0.25, 0.3) is 5.69 Å². The van der Waals surface area contributed by atoms with Crippen molar-refractivity contribution in [2.45, 2.75) is 63.3 Å². The van der Waals surface area contributed by atoms with Crippen LogP contribution in [0.4, 0.5) is 0 Å². The van der Waals surface area contributed by atoms with Gasteiger partial charge in [-0.05, 0) is 62.6 Å². The molecule has 6 heteroatoms. The van der Waals surface area contributed by atoms with E-state index in [9.17, 15) is 4.79 Å². The second-order valence-electron chi connectivity index (χ2n) is 7.67. The SMILES string of the molecule is CCOC(=O)c1cnn(-c2cccc([C@@H]3CCC[C@@H](NN)C3)c2)c1C1CC1. The second-order valence-corrected chi connectivity index (χ2v) is 7.67. The first kappa shape index (κ1) is 18.2. The summed E-state index contributed by atoms with van der Waals surface area (Å²) in [5.74, 6) is 6.30. The van der Waals surface area contributed by atoms with Gasteiger partial charge in [-0.3, -0.25) is 11.3 Å². The highest BCUT2D eigenvalue weighted by molar-refractivity contribution is 5.91. The lowest BCUT2D eigenvalue weighted by molar-refractivity contribution is 0.0525. The molecule has 1 heterocycles. The first-order valence-electron chi connectivity index (χ1n) is 10.0. The normalized spacial score (nSPS) is 22.6. The molecule has 1 aromatic carbocycles. The fourth-order valence-corrected chi connectivity index (χ4v) is 4.23. The number of nitrogens with two attached hydrogens (primary N) is 1. The van der Waals surface area contributed by atoms with E-state index >= 15 is 0 Å². The van der Waals surface area contributed by atoms with Gasteiger partial charge in [0.25, 0.3) is 0 Å². The molecule has 0 bridgehead atoms. The summed E-state index contributed by atoms with van der Waals surface area (Å²) < 4.78 is 7.17. The van der Waals surface area contributed by atoms with E-state index < -0.39 is 0 Å². The maximum atomic E-state index is 12.3. The number of benzene rings is 1. The zero-order chi connectivity index (χ0) is 18.8. The maximum Gasteiger partial charge on any atom is 0.341 e. The van der Waals surface area contributed by atoms with E-state index in [-0.39, 0.29) is 5.97 Å².